The molecule has 4 aromatic rings. The molecule has 0 saturated carbocycles. The standard InChI is InChI=1S/C28H26ClN3O3S/c1-18-4-13-23(24(29)14-18)28-25(16-30-32(28)2)36-17-26(33)31-22-11-9-21(10-12-22)20-7-5-19(6-8-20)15-27(34)35-3/h4-14,16H,15,17H2,1-3H3,(H,31,33). The van der Waals surface area contributed by atoms with Crippen molar-refractivity contribution in [2.24, 2.45) is 7.05 Å². The van der Waals surface area contributed by atoms with Crippen LogP contribution in [0.2, 0.25) is 5.02 Å². The molecule has 0 aliphatic carbocycles. The molecule has 1 heterocycles. The molecule has 0 aliphatic rings. The number of carbonyl (C=O) groups is 2. The summed E-state index contributed by atoms with van der Waals surface area (Å²) in [6.45, 7) is 1.99. The smallest absolute Gasteiger partial charge is 0.309 e. The molecule has 6 nitrogen and oxygen atoms in total. The van der Waals surface area contributed by atoms with E-state index in [4.69, 9.17) is 16.3 Å². The maximum absolute atomic E-state index is 12.6. The van der Waals surface area contributed by atoms with Gasteiger partial charge in [-0.2, -0.15) is 5.10 Å². The van der Waals surface area contributed by atoms with E-state index in [0.717, 1.165) is 44.1 Å². The number of aromatic nitrogens is 2. The van der Waals surface area contributed by atoms with Crippen LogP contribution in [0, 0.1) is 6.92 Å². The molecule has 36 heavy (non-hydrogen) atoms. The summed E-state index contributed by atoms with van der Waals surface area (Å²) in [5.74, 6) is -0.129. The number of ether oxygens (including phenoxy) is 1. The van der Waals surface area contributed by atoms with Gasteiger partial charge < -0.3 is 10.1 Å². The fourth-order valence-electron chi connectivity index (χ4n) is 3.78. The largest absolute Gasteiger partial charge is 0.469 e. The van der Waals surface area contributed by atoms with Gasteiger partial charge in [-0.05, 0) is 47.4 Å². The Morgan fingerprint density at radius 2 is 1.69 bits per heavy atom. The van der Waals surface area contributed by atoms with E-state index in [2.05, 4.69) is 10.4 Å². The summed E-state index contributed by atoms with van der Waals surface area (Å²) in [7, 11) is 3.25. The zero-order valence-electron chi connectivity index (χ0n) is 20.2. The van der Waals surface area contributed by atoms with Crippen LogP contribution in [-0.4, -0.2) is 34.5 Å². The highest BCUT2D eigenvalue weighted by Gasteiger charge is 2.16. The van der Waals surface area contributed by atoms with E-state index in [1.165, 1.54) is 18.9 Å². The van der Waals surface area contributed by atoms with Crippen LogP contribution in [0.3, 0.4) is 0 Å². The molecule has 4 rings (SSSR count). The number of hydrogen-bond acceptors (Lipinski definition) is 5. The van der Waals surface area contributed by atoms with E-state index in [0.29, 0.717) is 5.02 Å². The molecule has 8 heteroatoms. The van der Waals surface area contributed by atoms with E-state index in [9.17, 15) is 9.59 Å². The molecule has 1 aromatic heterocycles. The van der Waals surface area contributed by atoms with Crippen molar-refractivity contribution in [1.29, 1.82) is 0 Å². The third-order valence-electron chi connectivity index (χ3n) is 5.68. The molecule has 3 aromatic carbocycles. The average molecular weight is 520 g/mol. The Bertz CT molecular complexity index is 1380. The molecule has 0 spiro atoms. The van der Waals surface area contributed by atoms with Gasteiger partial charge in [-0.3, -0.25) is 14.3 Å². The molecule has 0 radical (unpaired) electrons. The first kappa shape index (κ1) is 25.5. The van der Waals surface area contributed by atoms with Crippen LogP contribution in [0.4, 0.5) is 5.69 Å². The number of carbonyl (C=O) groups excluding carboxylic acids is 2. The quantitative estimate of drug-likeness (QED) is 0.223. The lowest BCUT2D eigenvalue weighted by atomic mass is 10.0. The Hall–Kier alpha value is -3.55. The van der Waals surface area contributed by atoms with Gasteiger partial charge in [0.15, 0.2) is 0 Å². The maximum atomic E-state index is 12.6. The van der Waals surface area contributed by atoms with Crippen molar-refractivity contribution in [3.05, 3.63) is 89.1 Å². The molecule has 0 fully saturated rings. The van der Waals surface area contributed by atoms with Gasteiger partial charge >= 0.3 is 5.97 Å². The van der Waals surface area contributed by atoms with Gasteiger partial charge in [0.05, 0.1) is 41.1 Å². The topological polar surface area (TPSA) is 73.2 Å². The molecule has 1 amide bonds. The third-order valence-corrected chi connectivity index (χ3v) is 7.00. The number of amides is 1. The minimum atomic E-state index is -0.264. The predicted octanol–water partition coefficient (Wildman–Crippen LogP) is 6.16. The van der Waals surface area contributed by atoms with E-state index in [1.54, 1.807) is 10.9 Å². The van der Waals surface area contributed by atoms with Gasteiger partial charge in [-0.25, -0.2) is 0 Å². The lowest BCUT2D eigenvalue weighted by Gasteiger charge is -2.10. The number of nitrogens with zero attached hydrogens (tertiary/aromatic N) is 2. The number of nitrogens with one attached hydrogen (secondary N) is 1. The first-order valence-electron chi connectivity index (χ1n) is 11.3. The molecule has 0 aliphatic heterocycles. The molecule has 0 saturated heterocycles. The normalized spacial score (nSPS) is 10.8. The van der Waals surface area contributed by atoms with Gasteiger partial charge in [-0.1, -0.05) is 60.1 Å². The van der Waals surface area contributed by atoms with Crippen LogP contribution < -0.4 is 5.32 Å². The van der Waals surface area contributed by atoms with Gasteiger partial charge in [0, 0.05) is 18.3 Å². The summed E-state index contributed by atoms with van der Waals surface area (Å²) in [6.07, 6.45) is 2.01. The monoisotopic (exact) mass is 519 g/mol. The summed E-state index contributed by atoms with van der Waals surface area (Å²) >= 11 is 7.90. The van der Waals surface area contributed by atoms with Crippen molar-refractivity contribution in [2.75, 3.05) is 18.2 Å². The summed E-state index contributed by atoms with van der Waals surface area (Å²) < 4.78 is 6.48. The van der Waals surface area contributed by atoms with E-state index in [1.807, 2.05) is 80.7 Å². The Kier molecular flexibility index (Phi) is 8.13. The van der Waals surface area contributed by atoms with Crippen molar-refractivity contribution in [2.45, 2.75) is 18.2 Å². The number of benzene rings is 3. The Balaban J connectivity index is 1.37. The van der Waals surface area contributed by atoms with Crippen molar-refractivity contribution >= 4 is 40.9 Å². The molecule has 0 atom stereocenters. The molecule has 184 valence electrons. The fourth-order valence-corrected chi connectivity index (χ4v) is 4.97. The highest BCUT2D eigenvalue weighted by atomic mass is 35.5. The van der Waals surface area contributed by atoms with Crippen LogP contribution in [-0.2, 0) is 27.8 Å². The molecular weight excluding hydrogens is 494 g/mol. The van der Waals surface area contributed by atoms with Crippen molar-refractivity contribution in [3.63, 3.8) is 0 Å². The Morgan fingerprint density at radius 3 is 2.33 bits per heavy atom. The number of aryl methyl sites for hydroxylation is 2. The van der Waals surface area contributed by atoms with Crippen molar-refractivity contribution in [3.8, 4) is 22.4 Å². The molecule has 1 N–H and O–H groups in total. The predicted molar refractivity (Wildman–Crippen MR) is 145 cm³/mol. The number of halogens is 1. The second-order valence-electron chi connectivity index (χ2n) is 8.33. The number of rotatable bonds is 8. The highest BCUT2D eigenvalue weighted by Crippen LogP contribution is 2.35. The molecule has 0 bridgehead atoms. The summed E-state index contributed by atoms with van der Waals surface area (Å²) in [5.41, 5.74) is 6.52. The second kappa shape index (κ2) is 11.5. The van der Waals surface area contributed by atoms with E-state index < -0.39 is 0 Å². The van der Waals surface area contributed by atoms with Gasteiger partial charge in [0.2, 0.25) is 5.91 Å². The number of anilines is 1. The minimum Gasteiger partial charge on any atom is -0.469 e. The number of esters is 1. The lowest BCUT2D eigenvalue weighted by molar-refractivity contribution is -0.139. The zero-order valence-corrected chi connectivity index (χ0v) is 21.8. The average Bonchev–Trinajstić information content (AvgIpc) is 3.23. The van der Waals surface area contributed by atoms with Gasteiger partial charge in [0.1, 0.15) is 0 Å². The Labute approximate surface area is 219 Å². The number of hydrogen-bond donors (Lipinski definition) is 1. The first-order chi connectivity index (χ1) is 17.3. The van der Waals surface area contributed by atoms with E-state index >= 15 is 0 Å². The second-order valence-corrected chi connectivity index (χ2v) is 9.75. The number of thioether (sulfide) groups is 1. The van der Waals surface area contributed by atoms with Crippen molar-refractivity contribution < 1.29 is 14.3 Å². The summed E-state index contributed by atoms with van der Waals surface area (Å²) in [4.78, 5) is 25.0. The lowest BCUT2D eigenvalue weighted by Crippen LogP contribution is -2.13. The minimum absolute atomic E-state index is 0.107. The number of methoxy groups -OCH3 is 1. The maximum Gasteiger partial charge on any atom is 0.309 e. The fraction of sp³-hybridized carbons (Fsp3) is 0.179. The summed E-state index contributed by atoms with van der Waals surface area (Å²) in [5, 5.41) is 7.97. The van der Waals surface area contributed by atoms with Crippen molar-refractivity contribution in [1.82, 2.24) is 9.78 Å². The van der Waals surface area contributed by atoms with Crippen LogP contribution in [0.1, 0.15) is 11.1 Å². The molecular formula is C28H26ClN3O3S. The van der Waals surface area contributed by atoms with Gasteiger partial charge in [-0.15, -0.1) is 11.8 Å². The van der Waals surface area contributed by atoms with Crippen LogP contribution in [0.15, 0.2) is 77.8 Å². The third kappa shape index (κ3) is 6.17. The Morgan fingerprint density at radius 1 is 1.03 bits per heavy atom. The first-order valence-corrected chi connectivity index (χ1v) is 12.7. The highest BCUT2D eigenvalue weighted by molar-refractivity contribution is 8.00. The van der Waals surface area contributed by atoms with E-state index in [-0.39, 0.29) is 24.1 Å². The van der Waals surface area contributed by atoms with Crippen LogP contribution in [0.25, 0.3) is 22.4 Å². The SMILES string of the molecule is COC(=O)Cc1ccc(-c2ccc(NC(=O)CSc3cnn(C)c3-c3ccc(C)cc3Cl)cc2)cc1. The molecule has 0 unspecified atom stereocenters. The summed E-state index contributed by atoms with van der Waals surface area (Å²) in [6, 6.07) is 21.3. The van der Waals surface area contributed by atoms with Gasteiger partial charge in [0.25, 0.3) is 0 Å². The van der Waals surface area contributed by atoms with Crippen LogP contribution >= 0.6 is 23.4 Å². The zero-order chi connectivity index (χ0) is 25.7. The van der Waals surface area contributed by atoms with Crippen LogP contribution in [0.5, 0.6) is 0 Å².